The number of hydrogen-bond donors (Lipinski definition) is 1. The normalized spacial score (nSPS) is 24.6. The van der Waals surface area contributed by atoms with Crippen molar-refractivity contribution in [1.29, 1.82) is 0 Å². The number of aliphatic carboxylic acids is 1. The Hall–Kier alpha value is -1.45. The fourth-order valence-corrected chi connectivity index (χ4v) is 2.47. The minimum absolute atomic E-state index is 0.0626. The first-order valence-electron chi connectivity index (χ1n) is 5.28. The topological polar surface area (TPSA) is 37.3 Å². The zero-order valence-electron chi connectivity index (χ0n) is 8.62. The third kappa shape index (κ3) is 1.79. The monoisotopic (exact) mass is 226 g/mol. The van der Waals surface area contributed by atoms with E-state index in [0.717, 1.165) is 0 Å². The van der Waals surface area contributed by atoms with Gasteiger partial charge in [-0.25, -0.2) is 8.78 Å². The fraction of sp³-hybridized carbons (Fsp3) is 0.417. The largest absolute Gasteiger partial charge is 0.481 e. The van der Waals surface area contributed by atoms with Crippen LogP contribution in [0.25, 0.3) is 0 Å². The van der Waals surface area contributed by atoms with Crippen LogP contribution in [-0.2, 0) is 4.79 Å². The van der Waals surface area contributed by atoms with Gasteiger partial charge in [0, 0.05) is 11.5 Å². The van der Waals surface area contributed by atoms with Crippen LogP contribution in [0.1, 0.15) is 30.7 Å². The SMILES string of the molecule is O=C(O)C1CCCC1c1c(F)cccc1F. The fourth-order valence-electron chi connectivity index (χ4n) is 2.47. The van der Waals surface area contributed by atoms with Crippen molar-refractivity contribution in [2.75, 3.05) is 0 Å². The molecular formula is C12H12F2O2. The lowest BCUT2D eigenvalue weighted by atomic mass is 9.88. The highest BCUT2D eigenvalue weighted by atomic mass is 19.1. The molecule has 86 valence electrons. The van der Waals surface area contributed by atoms with Crippen LogP contribution < -0.4 is 0 Å². The van der Waals surface area contributed by atoms with Crippen LogP contribution >= 0.6 is 0 Å². The van der Waals surface area contributed by atoms with Crippen molar-refractivity contribution in [2.24, 2.45) is 5.92 Å². The van der Waals surface area contributed by atoms with Gasteiger partial charge in [-0.2, -0.15) is 0 Å². The van der Waals surface area contributed by atoms with Crippen molar-refractivity contribution in [3.05, 3.63) is 35.4 Å². The lowest BCUT2D eigenvalue weighted by Crippen LogP contribution is -2.18. The summed E-state index contributed by atoms with van der Waals surface area (Å²) >= 11 is 0. The van der Waals surface area contributed by atoms with E-state index < -0.39 is 29.4 Å². The molecule has 2 atom stereocenters. The highest BCUT2D eigenvalue weighted by Gasteiger charge is 2.36. The number of benzene rings is 1. The van der Waals surface area contributed by atoms with Crippen LogP contribution in [0.4, 0.5) is 8.78 Å². The predicted octanol–water partition coefficient (Wildman–Crippen LogP) is 2.93. The molecule has 2 unspecified atom stereocenters. The molecule has 16 heavy (non-hydrogen) atoms. The first kappa shape index (κ1) is 11.0. The average Bonchev–Trinajstić information content (AvgIpc) is 2.66. The molecule has 1 saturated carbocycles. The third-order valence-corrected chi connectivity index (χ3v) is 3.20. The van der Waals surface area contributed by atoms with Crippen LogP contribution in [0.5, 0.6) is 0 Å². The minimum atomic E-state index is -0.967. The molecule has 0 heterocycles. The molecule has 2 nitrogen and oxygen atoms in total. The summed E-state index contributed by atoms with van der Waals surface area (Å²) < 4.78 is 27.0. The van der Waals surface area contributed by atoms with E-state index in [1.165, 1.54) is 18.2 Å². The van der Waals surface area contributed by atoms with Gasteiger partial charge in [-0.1, -0.05) is 12.5 Å². The number of halogens is 2. The first-order chi connectivity index (χ1) is 7.61. The van der Waals surface area contributed by atoms with Crippen molar-refractivity contribution < 1.29 is 18.7 Å². The molecule has 0 aromatic heterocycles. The predicted molar refractivity (Wildman–Crippen MR) is 54.1 cm³/mol. The minimum Gasteiger partial charge on any atom is -0.481 e. The van der Waals surface area contributed by atoms with Gasteiger partial charge < -0.3 is 5.11 Å². The number of rotatable bonds is 2. The molecular weight excluding hydrogens is 214 g/mol. The van der Waals surface area contributed by atoms with Gasteiger partial charge in [-0.15, -0.1) is 0 Å². The second-order valence-corrected chi connectivity index (χ2v) is 4.12. The third-order valence-electron chi connectivity index (χ3n) is 3.20. The zero-order valence-corrected chi connectivity index (χ0v) is 8.62. The van der Waals surface area contributed by atoms with E-state index in [1.54, 1.807) is 0 Å². The maximum atomic E-state index is 13.5. The Balaban J connectivity index is 2.40. The molecule has 0 radical (unpaired) electrons. The highest BCUT2D eigenvalue weighted by molar-refractivity contribution is 5.72. The average molecular weight is 226 g/mol. The highest BCUT2D eigenvalue weighted by Crippen LogP contribution is 2.41. The second kappa shape index (κ2) is 4.20. The molecule has 1 aliphatic carbocycles. The van der Waals surface area contributed by atoms with Crippen LogP contribution in [0, 0.1) is 17.6 Å². The number of carboxylic acid groups (broad SMARTS) is 1. The Morgan fingerprint density at radius 3 is 2.44 bits per heavy atom. The summed E-state index contributed by atoms with van der Waals surface area (Å²) in [6.07, 6.45) is 1.73. The van der Waals surface area contributed by atoms with Gasteiger partial charge in [0.1, 0.15) is 11.6 Å². The zero-order chi connectivity index (χ0) is 11.7. The van der Waals surface area contributed by atoms with Crippen molar-refractivity contribution in [3.63, 3.8) is 0 Å². The summed E-state index contributed by atoms with van der Waals surface area (Å²) in [6.45, 7) is 0. The van der Waals surface area contributed by atoms with E-state index in [-0.39, 0.29) is 5.56 Å². The smallest absolute Gasteiger partial charge is 0.307 e. The molecule has 1 N–H and O–H groups in total. The van der Waals surface area contributed by atoms with E-state index in [0.29, 0.717) is 19.3 Å². The summed E-state index contributed by atoms with van der Waals surface area (Å²) in [5.41, 5.74) is -0.0626. The molecule has 0 bridgehead atoms. The molecule has 4 heteroatoms. The Morgan fingerprint density at radius 2 is 1.88 bits per heavy atom. The quantitative estimate of drug-likeness (QED) is 0.841. The Labute approximate surface area is 91.9 Å². The van der Waals surface area contributed by atoms with Gasteiger partial charge in [0.15, 0.2) is 0 Å². The van der Waals surface area contributed by atoms with Crippen LogP contribution in [0.3, 0.4) is 0 Å². The van der Waals surface area contributed by atoms with Gasteiger partial charge in [-0.3, -0.25) is 4.79 Å². The molecule has 2 rings (SSSR count). The first-order valence-corrected chi connectivity index (χ1v) is 5.28. The Bertz CT molecular complexity index is 397. The van der Waals surface area contributed by atoms with Crippen molar-refractivity contribution >= 4 is 5.97 Å². The standard InChI is InChI=1S/C12H12F2O2/c13-9-5-2-6-10(14)11(9)7-3-1-4-8(7)12(15)16/h2,5-8H,1,3-4H2,(H,15,16). The lowest BCUT2D eigenvalue weighted by Gasteiger charge is -2.17. The molecule has 1 fully saturated rings. The maximum Gasteiger partial charge on any atom is 0.307 e. The van der Waals surface area contributed by atoms with Gasteiger partial charge in [0.05, 0.1) is 5.92 Å². The lowest BCUT2D eigenvalue weighted by molar-refractivity contribution is -0.142. The van der Waals surface area contributed by atoms with E-state index >= 15 is 0 Å². The summed E-state index contributed by atoms with van der Waals surface area (Å²) in [5, 5.41) is 8.98. The molecule has 1 aliphatic rings. The summed E-state index contributed by atoms with van der Waals surface area (Å²) in [6, 6.07) is 3.64. The van der Waals surface area contributed by atoms with Crippen molar-refractivity contribution in [3.8, 4) is 0 Å². The van der Waals surface area contributed by atoms with Crippen LogP contribution in [-0.4, -0.2) is 11.1 Å². The molecule has 0 spiro atoms. The van der Waals surface area contributed by atoms with Gasteiger partial charge >= 0.3 is 5.97 Å². The molecule has 0 saturated heterocycles. The Kier molecular flexibility index (Phi) is 2.90. The Morgan fingerprint density at radius 1 is 1.25 bits per heavy atom. The van der Waals surface area contributed by atoms with Crippen molar-refractivity contribution in [1.82, 2.24) is 0 Å². The van der Waals surface area contributed by atoms with E-state index in [9.17, 15) is 13.6 Å². The molecule has 1 aromatic rings. The van der Waals surface area contributed by atoms with Crippen LogP contribution in [0.2, 0.25) is 0 Å². The summed E-state index contributed by atoms with van der Waals surface area (Å²) in [7, 11) is 0. The summed E-state index contributed by atoms with van der Waals surface area (Å²) in [4.78, 5) is 11.0. The van der Waals surface area contributed by atoms with Gasteiger partial charge in [-0.05, 0) is 25.0 Å². The molecule has 0 amide bonds. The summed E-state index contributed by atoms with van der Waals surface area (Å²) in [5.74, 6) is -3.44. The van der Waals surface area contributed by atoms with Crippen LogP contribution in [0.15, 0.2) is 18.2 Å². The van der Waals surface area contributed by atoms with Gasteiger partial charge in [0.2, 0.25) is 0 Å². The second-order valence-electron chi connectivity index (χ2n) is 4.12. The molecule has 0 aliphatic heterocycles. The van der Waals surface area contributed by atoms with E-state index in [2.05, 4.69) is 0 Å². The van der Waals surface area contributed by atoms with Crippen molar-refractivity contribution in [2.45, 2.75) is 25.2 Å². The van der Waals surface area contributed by atoms with E-state index in [4.69, 9.17) is 5.11 Å². The van der Waals surface area contributed by atoms with E-state index in [1.807, 2.05) is 0 Å². The number of hydrogen-bond acceptors (Lipinski definition) is 1. The number of carboxylic acids is 1. The molecule has 1 aromatic carbocycles. The number of carbonyl (C=O) groups is 1. The van der Waals surface area contributed by atoms with Gasteiger partial charge in [0.25, 0.3) is 0 Å². The maximum absolute atomic E-state index is 13.5.